The summed E-state index contributed by atoms with van der Waals surface area (Å²) in [6.07, 6.45) is 0. The molecule has 0 aliphatic carbocycles. The molecular formula is C15H27MgNO. The van der Waals surface area contributed by atoms with Crippen LogP contribution in [0.5, 0.6) is 5.75 Å². The summed E-state index contributed by atoms with van der Waals surface area (Å²) in [5, 5.41) is 10.2. The predicted molar refractivity (Wildman–Crippen MR) is 81.4 cm³/mol. The van der Waals surface area contributed by atoms with Crippen molar-refractivity contribution in [3.63, 3.8) is 0 Å². The Morgan fingerprint density at radius 1 is 1.06 bits per heavy atom. The fourth-order valence-electron chi connectivity index (χ4n) is 1.85. The second kappa shape index (κ2) is 5.80. The molecule has 0 radical (unpaired) electrons. The molecule has 1 aromatic carbocycles. The van der Waals surface area contributed by atoms with Crippen molar-refractivity contribution >= 4 is 23.1 Å². The topological polar surface area (TPSA) is 46.2 Å². The zero-order chi connectivity index (χ0) is 13.4. The minimum absolute atomic E-state index is 0. The molecule has 0 saturated heterocycles. The summed E-state index contributed by atoms with van der Waals surface area (Å²) in [6.45, 7) is 13.2. The summed E-state index contributed by atoms with van der Waals surface area (Å²) >= 11 is 0. The van der Waals surface area contributed by atoms with Crippen LogP contribution in [0.2, 0.25) is 0 Å². The summed E-state index contributed by atoms with van der Waals surface area (Å²) in [5.74, 6) is 0.355. The van der Waals surface area contributed by atoms with E-state index in [0.29, 0.717) is 12.3 Å². The Hall–Kier alpha value is -0.254. The summed E-state index contributed by atoms with van der Waals surface area (Å²) in [5.41, 5.74) is 8.74. The maximum atomic E-state index is 10.2. The molecule has 18 heavy (non-hydrogen) atoms. The molecule has 0 fully saturated rings. The van der Waals surface area contributed by atoms with E-state index in [-0.39, 0.29) is 36.7 Å². The van der Waals surface area contributed by atoms with Crippen molar-refractivity contribution in [3.8, 4) is 5.75 Å². The number of benzene rings is 1. The Bertz CT molecular complexity index is 423. The normalized spacial score (nSPS) is 12.2. The molecule has 0 aliphatic heterocycles. The Balaban J connectivity index is -0.000000963. The van der Waals surface area contributed by atoms with Crippen LogP contribution in [0, 0.1) is 0 Å². The average molecular weight is 262 g/mol. The van der Waals surface area contributed by atoms with Crippen LogP contribution in [0.3, 0.4) is 0 Å². The Labute approximate surface area is 130 Å². The van der Waals surface area contributed by atoms with Crippen LogP contribution in [0.15, 0.2) is 12.1 Å². The zero-order valence-corrected chi connectivity index (χ0v) is 14.0. The number of phenols is 1. The van der Waals surface area contributed by atoms with Crippen LogP contribution in [-0.4, -0.2) is 28.2 Å². The minimum Gasteiger partial charge on any atom is -1.00 e. The molecule has 0 atom stereocenters. The van der Waals surface area contributed by atoms with Crippen molar-refractivity contribution in [1.82, 2.24) is 0 Å². The van der Waals surface area contributed by atoms with Gasteiger partial charge in [0.25, 0.3) is 0 Å². The maximum absolute atomic E-state index is 10.2. The third-order valence-corrected chi connectivity index (χ3v) is 3.08. The first-order valence-corrected chi connectivity index (χ1v) is 6.14. The van der Waals surface area contributed by atoms with E-state index in [1.54, 1.807) is 0 Å². The van der Waals surface area contributed by atoms with E-state index in [0.717, 1.165) is 11.1 Å². The molecule has 0 aromatic heterocycles. The van der Waals surface area contributed by atoms with Crippen molar-refractivity contribution in [2.75, 3.05) is 0 Å². The molecule has 0 heterocycles. The van der Waals surface area contributed by atoms with Crippen LogP contribution < -0.4 is 5.73 Å². The molecule has 1 rings (SSSR count). The number of hydrogen-bond donors (Lipinski definition) is 2. The molecule has 0 saturated carbocycles. The average Bonchev–Trinajstić information content (AvgIpc) is 2.14. The molecule has 0 unspecified atom stereocenters. The van der Waals surface area contributed by atoms with E-state index in [1.807, 2.05) is 6.07 Å². The van der Waals surface area contributed by atoms with E-state index in [9.17, 15) is 5.11 Å². The molecule has 3 heteroatoms. The summed E-state index contributed by atoms with van der Waals surface area (Å²) < 4.78 is 0. The van der Waals surface area contributed by atoms with Gasteiger partial charge in [0.05, 0.1) is 0 Å². The van der Waals surface area contributed by atoms with Crippen LogP contribution in [0.4, 0.5) is 0 Å². The van der Waals surface area contributed by atoms with Crippen molar-refractivity contribution in [3.05, 3.63) is 28.8 Å². The SMILES string of the molecule is CC(C)(C)c1cc(CN)c(O)c(C(C)(C)C)c1.[H-].[H-].[Mg+2]. The summed E-state index contributed by atoms with van der Waals surface area (Å²) in [7, 11) is 0. The van der Waals surface area contributed by atoms with Gasteiger partial charge in [0, 0.05) is 12.1 Å². The van der Waals surface area contributed by atoms with E-state index in [4.69, 9.17) is 5.73 Å². The van der Waals surface area contributed by atoms with Gasteiger partial charge in [0.1, 0.15) is 5.75 Å². The first-order chi connectivity index (χ1) is 7.57. The molecule has 0 bridgehead atoms. The maximum Gasteiger partial charge on any atom is 2.00 e. The van der Waals surface area contributed by atoms with Gasteiger partial charge in [-0.1, -0.05) is 53.7 Å². The predicted octanol–water partition coefficient (Wildman–Crippen LogP) is 3.29. The standard InChI is InChI=1S/C15H25NO.Mg.2H/c1-14(2,3)11-7-10(9-16)13(17)12(8-11)15(4,5)6;;;/h7-8,17H,9,16H2,1-6H3;;;/q;+2;2*-1. The van der Waals surface area contributed by atoms with E-state index in [1.165, 1.54) is 5.56 Å². The molecule has 1 aromatic rings. The van der Waals surface area contributed by atoms with E-state index in [2.05, 4.69) is 47.6 Å². The van der Waals surface area contributed by atoms with Crippen LogP contribution >= 0.6 is 0 Å². The largest absolute Gasteiger partial charge is 2.00 e. The summed E-state index contributed by atoms with van der Waals surface area (Å²) in [4.78, 5) is 0. The first-order valence-electron chi connectivity index (χ1n) is 6.14. The van der Waals surface area contributed by atoms with Gasteiger partial charge in [-0.2, -0.15) is 0 Å². The van der Waals surface area contributed by atoms with Gasteiger partial charge in [0.2, 0.25) is 0 Å². The molecule has 100 valence electrons. The fourth-order valence-corrected chi connectivity index (χ4v) is 1.85. The summed E-state index contributed by atoms with van der Waals surface area (Å²) in [6, 6.07) is 4.12. The molecular weight excluding hydrogens is 234 g/mol. The van der Waals surface area contributed by atoms with Crippen LogP contribution in [0.25, 0.3) is 0 Å². The number of nitrogens with two attached hydrogens (primary N) is 1. The van der Waals surface area contributed by atoms with Gasteiger partial charge in [-0.3, -0.25) is 0 Å². The minimum atomic E-state index is -0.0741. The van der Waals surface area contributed by atoms with Crippen molar-refractivity contribution in [2.45, 2.75) is 58.9 Å². The molecule has 2 nitrogen and oxygen atoms in total. The van der Waals surface area contributed by atoms with Gasteiger partial charge in [-0.15, -0.1) is 0 Å². The Morgan fingerprint density at radius 3 is 1.89 bits per heavy atom. The number of phenolic OH excluding ortho intramolecular Hbond substituents is 1. The molecule has 0 amide bonds. The van der Waals surface area contributed by atoms with Gasteiger partial charge >= 0.3 is 23.1 Å². The smallest absolute Gasteiger partial charge is 1.00 e. The molecule has 0 aliphatic rings. The van der Waals surface area contributed by atoms with E-state index < -0.39 is 0 Å². The zero-order valence-electron chi connectivity index (χ0n) is 14.6. The molecule has 0 spiro atoms. The number of rotatable bonds is 1. The molecule has 3 N–H and O–H groups in total. The van der Waals surface area contributed by atoms with Gasteiger partial charge in [-0.25, -0.2) is 0 Å². The van der Waals surface area contributed by atoms with E-state index >= 15 is 0 Å². The Morgan fingerprint density at radius 2 is 1.56 bits per heavy atom. The third kappa shape index (κ3) is 3.87. The quantitative estimate of drug-likeness (QED) is 0.762. The van der Waals surface area contributed by atoms with Crippen molar-refractivity contribution in [2.24, 2.45) is 5.73 Å². The third-order valence-electron chi connectivity index (χ3n) is 3.08. The van der Waals surface area contributed by atoms with Crippen molar-refractivity contribution in [1.29, 1.82) is 0 Å². The monoisotopic (exact) mass is 261 g/mol. The van der Waals surface area contributed by atoms with Crippen molar-refractivity contribution < 1.29 is 7.96 Å². The van der Waals surface area contributed by atoms with Gasteiger partial charge in [0.15, 0.2) is 0 Å². The van der Waals surface area contributed by atoms with Crippen LogP contribution in [-0.2, 0) is 17.4 Å². The number of aromatic hydroxyl groups is 1. The fraction of sp³-hybridized carbons (Fsp3) is 0.600. The first kappa shape index (κ1) is 17.7. The van der Waals surface area contributed by atoms with Crippen LogP contribution in [0.1, 0.15) is 61.1 Å². The van der Waals surface area contributed by atoms with Gasteiger partial charge < -0.3 is 13.7 Å². The second-order valence-electron chi connectivity index (χ2n) is 6.74. The Kier molecular flexibility index (Phi) is 5.72. The number of hydrogen-bond acceptors (Lipinski definition) is 2. The van der Waals surface area contributed by atoms with Gasteiger partial charge in [-0.05, 0) is 22.0 Å². The second-order valence-corrected chi connectivity index (χ2v) is 6.74.